The Morgan fingerprint density at radius 3 is 2.35 bits per heavy atom. The molecular formula is C15H15NO4. The second-order valence-electron chi connectivity index (χ2n) is 4.22. The fourth-order valence-electron chi connectivity index (χ4n) is 2.07. The van der Waals surface area contributed by atoms with Crippen molar-refractivity contribution >= 4 is 5.97 Å². The fourth-order valence-corrected chi connectivity index (χ4v) is 2.07. The molecule has 2 aromatic rings. The Balaban J connectivity index is 2.59. The van der Waals surface area contributed by atoms with Crippen LogP contribution in [0.5, 0.6) is 5.75 Å². The van der Waals surface area contributed by atoms with Gasteiger partial charge in [0.2, 0.25) is 0 Å². The third kappa shape index (κ3) is 2.42. The molecule has 5 nitrogen and oxygen atoms in total. The fraction of sp³-hybridized carbons (Fsp3) is 0.200. The van der Waals surface area contributed by atoms with Gasteiger partial charge in [0, 0.05) is 6.54 Å². The number of methoxy groups -OCH3 is 1. The van der Waals surface area contributed by atoms with Crippen LogP contribution < -0.4 is 10.3 Å². The minimum Gasteiger partial charge on any atom is -0.497 e. The number of rotatable bonds is 4. The van der Waals surface area contributed by atoms with E-state index < -0.39 is 11.5 Å². The van der Waals surface area contributed by atoms with Crippen molar-refractivity contribution in [3.8, 4) is 17.0 Å². The van der Waals surface area contributed by atoms with Crippen LogP contribution in [-0.2, 0) is 6.54 Å². The van der Waals surface area contributed by atoms with Gasteiger partial charge in [0.25, 0.3) is 5.56 Å². The SMILES string of the molecule is CCn1c(-c2ccc(OC)cc2)ccc(C(=O)O)c1=O. The molecule has 0 saturated heterocycles. The van der Waals surface area contributed by atoms with E-state index in [1.807, 2.05) is 12.1 Å². The van der Waals surface area contributed by atoms with E-state index in [4.69, 9.17) is 9.84 Å². The van der Waals surface area contributed by atoms with E-state index in [2.05, 4.69) is 0 Å². The van der Waals surface area contributed by atoms with Crippen LogP contribution in [0, 0.1) is 0 Å². The van der Waals surface area contributed by atoms with Gasteiger partial charge in [0.15, 0.2) is 0 Å². The zero-order valence-corrected chi connectivity index (χ0v) is 11.3. The van der Waals surface area contributed by atoms with Crippen LogP contribution in [0.25, 0.3) is 11.3 Å². The lowest BCUT2D eigenvalue weighted by Gasteiger charge is -2.12. The summed E-state index contributed by atoms with van der Waals surface area (Å²) in [5, 5.41) is 8.99. The van der Waals surface area contributed by atoms with Gasteiger partial charge in [-0.15, -0.1) is 0 Å². The number of carboxylic acids is 1. The maximum Gasteiger partial charge on any atom is 0.341 e. The Morgan fingerprint density at radius 1 is 1.20 bits per heavy atom. The molecule has 0 aliphatic carbocycles. The van der Waals surface area contributed by atoms with Crippen LogP contribution in [0.3, 0.4) is 0 Å². The Kier molecular flexibility index (Phi) is 3.89. The predicted octanol–water partition coefficient (Wildman–Crippen LogP) is 2.24. The number of ether oxygens (including phenoxy) is 1. The summed E-state index contributed by atoms with van der Waals surface area (Å²) in [6, 6.07) is 10.3. The number of aromatic nitrogens is 1. The molecule has 104 valence electrons. The van der Waals surface area contributed by atoms with Crippen LogP contribution in [0.2, 0.25) is 0 Å². The molecule has 1 heterocycles. The van der Waals surface area contributed by atoms with E-state index in [-0.39, 0.29) is 5.56 Å². The molecule has 1 aromatic carbocycles. The molecule has 0 radical (unpaired) electrons. The molecule has 5 heteroatoms. The Bertz CT molecular complexity index is 686. The van der Waals surface area contributed by atoms with Crippen LogP contribution in [0.4, 0.5) is 0 Å². The standard InChI is InChI=1S/C15H15NO4/c1-3-16-13(9-8-12(14(16)17)15(18)19)10-4-6-11(20-2)7-5-10/h4-9H,3H2,1-2H3,(H,18,19). The van der Waals surface area contributed by atoms with Gasteiger partial charge in [-0.3, -0.25) is 4.79 Å². The second-order valence-corrected chi connectivity index (χ2v) is 4.22. The first kappa shape index (κ1) is 13.9. The molecule has 1 N–H and O–H groups in total. The van der Waals surface area contributed by atoms with Crippen molar-refractivity contribution in [1.82, 2.24) is 4.57 Å². The second kappa shape index (κ2) is 5.61. The molecule has 2 rings (SSSR count). The van der Waals surface area contributed by atoms with E-state index in [0.29, 0.717) is 12.2 Å². The molecule has 1 aromatic heterocycles. The lowest BCUT2D eigenvalue weighted by molar-refractivity contribution is 0.0694. The number of pyridine rings is 1. The van der Waals surface area contributed by atoms with Crippen molar-refractivity contribution < 1.29 is 14.6 Å². The van der Waals surface area contributed by atoms with Crippen LogP contribution >= 0.6 is 0 Å². The molecule has 0 saturated carbocycles. The first-order chi connectivity index (χ1) is 9.58. The van der Waals surface area contributed by atoms with Crippen LogP contribution in [0.15, 0.2) is 41.2 Å². The minimum absolute atomic E-state index is 0.218. The Hall–Kier alpha value is -2.56. The zero-order chi connectivity index (χ0) is 14.7. The number of hydrogen-bond donors (Lipinski definition) is 1. The van der Waals surface area contributed by atoms with Gasteiger partial charge >= 0.3 is 5.97 Å². The highest BCUT2D eigenvalue weighted by Gasteiger charge is 2.14. The van der Waals surface area contributed by atoms with Gasteiger partial charge in [0.1, 0.15) is 11.3 Å². The smallest absolute Gasteiger partial charge is 0.341 e. The van der Waals surface area contributed by atoms with Crippen molar-refractivity contribution in [3.63, 3.8) is 0 Å². The van der Waals surface area contributed by atoms with Crippen molar-refractivity contribution in [1.29, 1.82) is 0 Å². The van der Waals surface area contributed by atoms with E-state index >= 15 is 0 Å². The number of carbonyl (C=O) groups is 1. The summed E-state index contributed by atoms with van der Waals surface area (Å²) in [5.74, 6) is -0.486. The third-order valence-electron chi connectivity index (χ3n) is 3.11. The summed E-state index contributed by atoms with van der Waals surface area (Å²) < 4.78 is 6.54. The Labute approximate surface area is 116 Å². The summed E-state index contributed by atoms with van der Waals surface area (Å²) in [7, 11) is 1.58. The van der Waals surface area contributed by atoms with Gasteiger partial charge in [-0.25, -0.2) is 4.79 Å². The lowest BCUT2D eigenvalue weighted by atomic mass is 10.1. The van der Waals surface area contributed by atoms with Crippen molar-refractivity contribution in [2.75, 3.05) is 7.11 Å². The van der Waals surface area contributed by atoms with Gasteiger partial charge in [-0.2, -0.15) is 0 Å². The predicted molar refractivity (Wildman–Crippen MR) is 75.3 cm³/mol. The summed E-state index contributed by atoms with van der Waals surface area (Å²) in [4.78, 5) is 23.1. The summed E-state index contributed by atoms with van der Waals surface area (Å²) in [6.07, 6.45) is 0. The average Bonchev–Trinajstić information content (AvgIpc) is 2.46. The van der Waals surface area contributed by atoms with E-state index in [9.17, 15) is 9.59 Å². The van der Waals surface area contributed by atoms with E-state index in [1.165, 1.54) is 10.6 Å². The summed E-state index contributed by atoms with van der Waals surface area (Å²) in [6.45, 7) is 2.21. The summed E-state index contributed by atoms with van der Waals surface area (Å²) in [5.41, 5.74) is 0.810. The summed E-state index contributed by atoms with van der Waals surface area (Å²) >= 11 is 0. The molecule has 0 bridgehead atoms. The average molecular weight is 273 g/mol. The highest BCUT2D eigenvalue weighted by atomic mass is 16.5. The third-order valence-corrected chi connectivity index (χ3v) is 3.11. The van der Waals surface area contributed by atoms with Crippen molar-refractivity contribution in [3.05, 3.63) is 52.3 Å². The number of hydrogen-bond acceptors (Lipinski definition) is 3. The number of nitrogens with zero attached hydrogens (tertiary/aromatic N) is 1. The van der Waals surface area contributed by atoms with Gasteiger partial charge in [0.05, 0.1) is 12.8 Å². The highest BCUT2D eigenvalue weighted by molar-refractivity contribution is 5.87. The molecule has 0 aliphatic heterocycles. The molecule has 0 fully saturated rings. The topological polar surface area (TPSA) is 68.5 Å². The number of aromatic carboxylic acids is 1. The molecule has 20 heavy (non-hydrogen) atoms. The van der Waals surface area contributed by atoms with E-state index in [0.717, 1.165) is 11.3 Å². The van der Waals surface area contributed by atoms with Crippen molar-refractivity contribution in [2.24, 2.45) is 0 Å². The molecule has 0 amide bonds. The zero-order valence-electron chi connectivity index (χ0n) is 11.3. The largest absolute Gasteiger partial charge is 0.497 e. The van der Waals surface area contributed by atoms with Gasteiger partial charge in [-0.05, 0) is 48.9 Å². The minimum atomic E-state index is -1.21. The number of benzene rings is 1. The van der Waals surface area contributed by atoms with Crippen LogP contribution in [0.1, 0.15) is 17.3 Å². The molecule has 0 unspecified atom stereocenters. The maximum atomic E-state index is 12.1. The van der Waals surface area contributed by atoms with Crippen LogP contribution in [-0.4, -0.2) is 22.8 Å². The lowest BCUT2D eigenvalue weighted by Crippen LogP contribution is -2.26. The van der Waals surface area contributed by atoms with Crippen molar-refractivity contribution in [2.45, 2.75) is 13.5 Å². The molecule has 0 spiro atoms. The van der Waals surface area contributed by atoms with Gasteiger partial charge in [-0.1, -0.05) is 0 Å². The first-order valence-corrected chi connectivity index (χ1v) is 6.20. The van der Waals surface area contributed by atoms with E-state index in [1.54, 1.807) is 32.2 Å². The molecular weight excluding hydrogens is 258 g/mol. The highest BCUT2D eigenvalue weighted by Crippen LogP contribution is 2.21. The van der Waals surface area contributed by atoms with Gasteiger partial charge < -0.3 is 14.4 Å². The monoisotopic (exact) mass is 273 g/mol. The molecule has 0 atom stereocenters. The normalized spacial score (nSPS) is 10.3. The molecule has 0 aliphatic rings. The quantitative estimate of drug-likeness (QED) is 0.927. The Morgan fingerprint density at radius 2 is 1.85 bits per heavy atom. The first-order valence-electron chi connectivity index (χ1n) is 6.20. The maximum absolute atomic E-state index is 12.1. The number of carboxylic acid groups (broad SMARTS) is 1.